The molecule has 0 aliphatic heterocycles. The summed E-state index contributed by atoms with van der Waals surface area (Å²) in [5, 5.41) is 6.44. The summed E-state index contributed by atoms with van der Waals surface area (Å²) in [5.41, 5.74) is 1.95. The lowest BCUT2D eigenvalue weighted by atomic mass is 9.88. The van der Waals surface area contributed by atoms with E-state index in [1.165, 1.54) is 0 Å². The van der Waals surface area contributed by atoms with E-state index in [1.807, 2.05) is 51.1 Å². The average molecular weight is 462 g/mol. The van der Waals surface area contributed by atoms with Crippen LogP contribution >= 0.6 is 0 Å². The number of rotatable bonds is 14. The van der Waals surface area contributed by atoms with E-state index in [9.17, 15) is 8.78 Å². The van der Waals surface area contributed by atoms with Crippen molar-refractivity contribution in [3.8, 4) is 0 Å². The van der Waals surface area contributed by atoms with Crippen LogP contribution in [0.25, 0.3) is 5.57 Å². The summed E-state index contributed by atoms with van der Waals surface area (Å²) in [4.78, 5) is 4.77. The number of hydrogen-bond donors (Lipinski definition) is 2. The van der Waals surface area contributed by atoms with Crippen LogP contribution < -0.4 is 10.6 Å². The topological polar surface area (TPSA) is 37.0 Å². The Morgan fingerprint density at radius 2 is 2.00 bits per heavy atom. The van der Waals surface area contributed by atoms with Crippen molar-refractivity contribution in [1.29, 1.82) is 0 Å². The number of nitrogens with one attached hydrogen (secondary N) is 2. The van der Waals surface area contributed by atoms with E-state index < -0.39 is 11.6 Å². The third-order valence-electron chi connectivity index (χ3n) is 5.87. The number of pyridine rings is 1. The molecule has 1 saturated carbocycles. The predicted molar refractivity (Wildman–Crippen MR) is 135 cm³/mol. The summed E-state index contributed by atoms with van der Waals surface area (Å²) in [6.07, 6.45) is 9.75. The van der Waals surface area contributed by atoms with Gasteiger partial charge in [0, 0.05) is 31.0 Å². The van der Waals surface area contributed by atoms with Crippen LogP contribution in [0.3, 0.4) is 0 Å². The number of allylic oxidation sites excluding steroid dienone is 6. The molecule has 1 fully saturated rings. The highest BCUT2D eigenvalue weighted by atomic mass is 19.3. The first kappa shape index (κ1) is 26.7. The second kappa shape index (κ2) is 12.1. The van der Waals surface area contributed by atoms with Gasteiger partial charge in [0.05, 0.1) is 11.4 Å². The van der Waals surface area contributed by atoms with Crippen molar-refractivity contribution in [3.05, 3.63) is 60.9 Å². The first-order chi connectivity index (χ1) is 15.6. The van der Waals surface area contributed by atoms with Crippen LogP contribution in [-0.2, 0) is 0 Å². The molecule has 0 saturated heterocycles. The normalized spacial score (nSPS) is 17.9. The highest BCUT2D eigenvalue weighted by molar-refractivity contribution is 5.77. The minimum atomic E-state index is -2.61. The molecule has 6 heteroatoms. The van der Waals surface area contributed by atoms with Gasteiger partial charge < -0.3 is 10.6 Å². The summed E-state index contributed by atoms with van der Waals surface area (Å²) in [6, 6.07) is 3.42. The summed E-state index contributed by atoms with van der Waals surface area (Å²) in [6.45, 7) is 14.1. The van der Waals surface area contributed by atoms with Gasteiger partial charge in [0.2, 0.25) is 0 Å². The number of alkyl halides is 3. The van der Waals surface area contributed by atoms with Gasteiger partial charge in [-0.1, -0.05) is 56.7 Å². The maximum Gasteiger partial charge on any atom is 0.252 e. The molecule has 1 aromatic heterocycles. The maximum absolute atomic E-state index is 15.2. The molecule has 0 spiro atoms. The van der Waals surface area contributed by atoms with Crippen molar-refractivity contribution in [3.63, 3.8) is 0 Å². The van der Waals surface area contributed by atoms with Crippen molar-refractivity contribution in [2.45, 2.75) is 83.4 Å². The smallest absolute Gasteiger partial charge is 0.252 e. The van der Waals surface area contributed by atoms with E-state index in [1.54, 1.807) is 6.08 Å². The molecular weight excluding hydrogens is 423 g/mol. The molecule has 2 N–H and O–H groups in total. The molecule has 2 rings (SSSR count). The lowest BCUT2D eigenvalue weighted by Crippen LogP contribution is -2.44. The fourth-order valence-corrected chi connectivity index (χ4v) is 4.00. The largest absolute Gasteiger partial charge is 0.379 e. The van der Waals surface area contributed by atoms with Crippen LogP contribution in [0.15, 0.2) is 55.2 Å². The van der Waals surface area contributed by atoms with Crippen LogP contribution in [0.4, 0.5) is 24.7 Å². The molecule has 0 amide bonds. The summed E-state index contributed by atoms with van der Waals surface area (Å²) < 4.78 is 41.9. The molecular formula is C27H38F3N3. The maximum atomic E-state index is 15.2. The van der Waals surface area contributed by atoms with Gasteiger partial charge in [0.15, 0.2) is 0 Å². The van der Waals surface area contributed by atoms with E-state index >= 15 is 4.39 Å². The molecule has 1 aromatic rings. The minimum absolute atomic E-state index is 0.197. The molecule has 1 unspecified atom stereocenters. The Morgan fingerprint density at radius 1 is 1.27 bits per heavy atom. The van der Waals surface area contributed by atoms with Crippen molar-refractivity contribution < 1.29 is 13.2 Å². The Bertz CT molecular complexity index is 867. The molecule has 1 aliphatic carbocycles. The summed E-state index contributed by atoms with van der Waals surface area (Å²) >= 11 is 0. The van der Waals surface area contributed by atoms with Gasteiger partial charge >= 0.3 is 0 Å². The summed E-state index contributed by atoms with van der Waals surface area (Å²) in [5.74, 6) is -2.07. The van der Waals surface area contributed by atoms with Gasteiger partial charge in [-0.25, -0.2) is 18.2 Å². The minimum Gasteiger partial charge on any atom is -0.379 e. The number of aromatic nitrogens is 1. The van der Waals surface area contributed by atoms with Gasteiger partial charge in [0.1, 0.15) is 11.5 Å². The van der Waals surface area contributed by atoms with Crippen LogP contribution in [0.5, 0.6) is 0 Å². The fourth-order valence-electron chi connectivity index (χ4n) is 4.00. The Kier molecular flexibility index (Phi) is 9.81. The van der Waals surface area contributed by atoms with Crippen LogP contribution in [0, 0.1) is 0 Å². The monoisotopic (exact) mass is 461 g/mol. The fraction of sp³-hybridized carbons (Fsp3) is 0.519. The van der Waals surface area contributed by atoms with Crippen molar-refractivity contribution in [2.24, 2.45) is 0 Å². The molecule has 1 heterocycles. The Morgan fingerprint density at radius 3 is 2.58 bits per heavy atom. The molecule has 3 nitrogen and oxygen atoms in total. The second-order valence-electron chi connectivity index (χ2n) is 8.88. The number of anilines is 2. The zero-order valence-corrected chi connectivity index (χ0v) is 20.2. The number of hydrogen-bond acceptors (Lipinski definition) is 3. The number of halogens is 3. The van der Waals surface area contributed by atoms with Crippen molar-refractivity contribution >= 4 is 17.1 Å². The summed E-state index contributed by atoms with van der Waals surface area (Å²) in [7, 11) is 0. The van der Waals surface area contributed by atoms with Crippen LogP contribution in [-0.4, -0.2) is 29.2 Å². The molecule has 0 bridgehead atoms. The third kappa shape index (κ3) is 8.09. The van der Waals surface area contributed by atoms with Gasteiger partial charge in [-0.05, 0) is 44.7 Å². The predicted octanol–water partition coefficient (Wildman–Crippen LogP) is 8.10. The highest BCUT2D eigenvalue weighted by Gasteiger charge is 2.45. The first-order valence-corrected chi connectivity index (χ1v) is 11.9. The molecule has 182 valence electrons. The SMILES string of the molecule is C=CCC(F)(CCC)CCNc1nc(C(/C=C\C)=C/C(=C)CC)ccc1NC1CC(F)(F)C1. The van der Waals surface area contributed by atoms with Gasteiger partial charge in [0.25, 0.3) is 5.92 Å². The van der Waals surface area contributed by atoms with E-state index in [2.05, 4.69) is 23.8 Å². The quantitative estimate of drug-likeness (QED) is 0.217. The molecule has 33 heavy (non-hydrogen) atoms. The van der Waals surface area contributed by atoms with Crippen molar-refractivity contribution in [2.75, 3.05) is 17.2 Å². The Labute approximate surface area is 197 Å². The second-order valence-corrected chi connectivity index (χ2v) is 8.88. The van der Waals surface area contributed by atoms with Gasteiger partial charge in [-0.15, -0.1) is 6.58 Å². The zero-order chi connectivity index (χ0) is 24.5. The van der Waals surface area contributed by atoms with Crippen molar-refractivity contribution in [1.82, 2.24) is 4.98 Å². The van der Waals surface area contributed by atoms with Crippen LogP contribution in [0.2, 0.25) is 0 Å². The third-order valence-corrected chi connectivity index (χ3v) is 5.87. The van der Waals surface area contributed by atoms with Crippen LogP contribution in [0.1, 0.15) is 71.4 Å². The number of nitrogens with zero attached hydrogens (tertiary/aromatic N) is 1. The van der Waals surface area contributed by atoms with E-state index in [-0.39, 0.29) is 18.9 Å². The van der Waals surface area contributed by atoms with Gasteiger partial charge in [-0.2, -0.15) is 0 Å². The Hall–Kier alpha value is -2.50. The zero-order valence-electron chi connectivity index (χ0n) is 20.2. The molecule has 0 aromatic carbocycles. The molecule has 0 radical (unpaired) electrons. The first-order valence-electron chi connectivity index (χ1n) is 11.9. The average Bonchev–Trinajstić information content (AvgIpc) is 2.73. The molecule has 1 atom stereocenters. The lowest BCUT2D eigenvalue weighted by Gasteiger charge is -2.36. The van der Waals surface area contributed by atoms with E-state index in [4.69, 9.17) is 4.98 Å². The van der Waals surface area contributed by atoms with E-state index in [0.717, 1.165) is 29.7 Å². The highest BCUT2D eigenvalue weighted by Crippen LogP contribution is 2.40. The Balaban J connectivity index is 2.28. The van der Waals surface area contributed by atoms with E-state index in [0.29, 0.717) is 37.3 Å². The van der Waals surface area contributed by atoms with Gasteiger partial charge in [-0.3, -0.25) is 0 Å². The standard InChI is InChI=1S/C27H38F3N3/c1-6-10-21(17-20(5)9-4)23-11-12-24(32-22-18-27(29,30)19-22)25(33-23)31-16-15-26(28,13-7-2)14-8-3/h6-7,10-12,17,22,32H,2,5,8-9,13-16,18-19H2,1,3-4H3,(H,31,33)/b10-6-,21-17+. The molecule has 1 aliphatic rings. The lowest BCUT2D eigenvalue weighted by molar-refractivity contribution is -0.0793.